The van der Waals surface area contributed by atoms with Crippen LogP contribution in [-0.2, 0) is 19.1 Å². The van der Waals surface area contributed by atoms with Crippen molar-refractivity contribution in [2.45, 2.75) is 25.3 Å². The fraction of sp³-hybridized carbons (Fsp3) is 0.286. The summed E-state index contributed by atoms with van der Waals surface area (Å²) in [6.45, 7) is 0. The van der Waals surface area contributed by atoms with E-state index >= 15 is 0 Å². The number of carbonyl (C=O) groups is 4. The summed E-state index contributed by atoms with van der Waals surface area (Å²) in [5.41, 5.74) is 7.48. The van der Waals surface area contributed by atoms with Gasteiger partial charge in [-0.1, -0.05) is 18.2 Å². The minimum absolute atomic E-state index is 0.174. The summed E-state index contributed by atoms with van der Waals surface area (Å²) in [7, 11) is 0. The zero-order valence-corrected chi connectivity index (χ0v) is 11.8. The summed E-state index contributed by atoms with van der Waals surface area (Å²) in [5, 5.41) is 0. The molecule has 118 valence electrons. The number of benzene rings is 1. The molecule has 1 aromatic rings. The lowest BCUT2D eigenvalue weighted by molar-refractivity contribution is -0.139. The van der Waals surface area contributed by atoms with Gasteiger partial charge in [0, 0.05) is 12.8 Å². The van der Waals surface area contributed by atoms with Crippen LogP contribution in [0.15, 0.2) is 30.3 Å². The largest absolute Gasteiger partial charge is 0.389 e. The van der Waals surface area contributed by atoms with Crippen LogP contribution < -0.4 is 17.0 Å². The minimum Gasteiger partial charge on any atom is -0.389 e. The SMILES string of the molecule is NNC(=O)C(N)CC(=O)CCC(=O)OC(=O)c1ccccc1. The van der Waals surface area contributed by atoms with E-state index in [4.69, 9.17) is 11.6 Å². The average Bonchev–Trinajstić information content (AvgIpc) is 2.52. The number of amides is 1. The number of hydrogen-bond acceptors (Lipinski definition) is 7. The zero-order valence-electron chi connectivity index (χ0n) is 11.8. The van der Waals surface area contributed by atoms with E-state index in [0.29, 0.717) is 0 Å². The summed E-state index contributed by atoms with van der Waals surface area (Å²) >= 11 is 0. The molecule has 0 aliphatic rings. The predicted octanol–water partition coefficient (Wildman–Crippen LogP) is -0.573. The Morgan fingerprint density at radius 3 is 2.32 bits per heavy atom. The topological polar surface area (TPSA) is 142 Å². The lowest BCUT2D eigenvalue weighted by atomic mass is 10.1. The van der Waals surface area contributed by atoms with Gasteiger partial charge in [0.15, 0.2) is 0 Å². The first-order chi connectivity index (χ1) is 10.4. The van der Waals surface area contributed by atoms with Crippen LogP contribution in [0.5, 0.6) is 0 Å². The van der Waals surface area contributed by atoms with Crippen LogP contribution in [0.1, 0.15) is 29.6 Å². The first kappa shape index (κ1) is 17.5. The van der Waals surface area contributed by atoms with Gasteiger partial charge in [-0.25, -0.2) is 10.6 Å². The van der Waals surface area contributed by atoms with Crippen LogP contribution in [0.2, 0.25) is 0 Å². The highest BCUT2D eigenvalue weighted by molar-refractivity contribution is 5.97. The molecule has 0 spiro atoms. The van der Waals surface area contributed by atoms with Crippen molar-refractivity contribution in [1.82, 2.24) is 5.43 Å². The van der Waals surface area contributed by atoms with Gasteiger partial charge in [0.05, 0.1) is 18.0 Å². The van der Waals surface area contributed by atoms with Crippen LogP contribution in [0.3, 0.4) is 0 Å². The Hall–Kier alpha value is -2.58. The van der Waals surface area contributed by atoms with E-state index in [1.54, 1.807) is 18.2 Å². The van der Waals surface area contributed by atoms with E-state index in [9.17, 15) is 19.2 Å². The Balaban J connectivity index is 2.35. The first-order valence-corrected chi connectivity index (χ1v) is 6.52. The van der Waals surface area contributed by atoms with E-state index in [1.165, 1.54) is 12.1 Å². The second kappa shape index (κ2) is 8.65. The molecule has 0 fully saturated rings. The third-order valence-electron chi connectivity index (χ3n) is 2.75. The highest BCUT2D eigenvalue weighted by Gasteiger charge is 2.18. The number of nitrogens with one attached hydrogen (secondary N) is 1. The Kier molecular flexibility index (Phi) is 6.87. The summed E-state index contributed by atoms with van der Waals surface area (Å²) in [6, 6.07) is 6.93. The lowest BCUT2D eigenvalue weighted by Crippen LogP contribution is -2.45. The van der Waals surface area contributed by atoms with Gasteiger partial charge in [0.2, 0.25) is 0 Å². The Morgan fingerprint density at radius 2 is 1.73 bits per heavy atom. The average molecular weight is 307 g/mol. The molecule has 8 nitrogen and oxygen atoms in total. The number of carbonyl (C=O) groups excluding carboxylic acids is 4. The predicted molar refractivity (Wildman–Crippen MR) is 76.0 cm³/mol. The summed E-state index contributed by atoms with van der Waals surface area (Å²) in [5.74, 6) is 2.20. The van der Waals surface area contributed by atoms with Crippen molar-refractivity contribution in [1.29, 1.82) is 0 Å². The number of nitrogens with two attached hydrogens (primary N) is 2. The summed E-state index contributed by atoms with van der Waals surface area (Å²) in [4.78, 5) is 45.7. The molecule has 0 bridgehead atoms. The Morgan fingerprint density at radius 1 is 1.09 bits per heavy atom. The molecule has 0 aliphatic heterocycles. The van der Waals surface area contributed by atoms with Crippen LogP contribution in [0.25, 0.3) is 0 Å². The summed E-state index contributed by atoms with van der Waals surface area (Å²) < 4.78 is 4.60. The molecular weight excluding hydrogens is 290 g/mol. The number of hydrogen-bond donors (Lipinski definition) is 3. The molecule has 0 radical (unpaired) electrons. The maximum absolute atomic E-state index is 11.6. The van der Waals surface area contributed by atoms with Crippen molar-refractivity contribution in [3.8, 4) is 0 Å². The van der Waals surface area contributed by atoms with E-state index in [2.05, 4.69) is 4.74 Å². The smallest absolute Gasteiger partial charge is 0.345 e. The Labute approximate surface area is 126 Å². The number of Topliss-reactive ketones (excluding diaryl/α,β-unsaturated/α-hetero) is 1. The van der Waals surface area contributed by atoms with Gasteiger partial charge in [-0.15, -0.1) is 0 Å². The molecular formula is C14H17N3O5. The van der Waals surface area contributed by atoms with E-state index in [0.717, 1.165) is 0 Å². The van der Waals surface area contributed by atoms with Gasteiger partial charge in [-0.2, -0.15) is 0 Å². The molecule has 8 heteroatoms. The van der Waals surface area contributed by atoms with Crippen molar-refractivity contribution in [2.75, 3.05) is 0 Å². The second-order valence-corrected chi connectivity index (χ2v) is 4.49. The molecule has 1 rings (SSSR count). The molecule has 0 saturated carbocycles. The monoisotopic (exact) mass is 307 g/mol. The van der Waals surface area contributed by atoms with Crippen molar-refractivity contribution in [3.05, 3.63) is 35.9 Å². The molecule has 1 unspecified atom stereocenters. The van der Waals surface area contributed by atoms with E-state index < -0.39 is 29.7 Å². The molecule has 0 aromatic heterocycles. The van der Waals surface area contributed by atoms with E-state index in [-0.39, 0.29) is 24.8 Å². The van der Waals surface area contributed by atoms with Crippen molar-refractivity contribution < 1.29 is 23.9 Å². The lowest BCUT2D eigenvalue weighted by Gasteiger charge is -2.08. The number of esters is 2. The van der Waals surface area contributed by atoms with Gasteiger partial charge >= 0.3 is 11.9 Å². The summed E-state index contributed by atoms with van der Waals surface area (Å²) in [6.07, 6.45) is -0.691. The molecule has 22 heavy (non-hydrogen) atoms. The molecule has 0 saturated heterocycles. The van der Waals surface area contributed by atoms with Crippen LogP contribution >= 0.6 is 0 Å². The van der Waals surface area contributed by atoms with Crippen molar-refractivity contribution in [2.24, 2.45) is 11.6 Å². The van der Waals surface area contributed by atoms with Crippen LogP contribution in [0.4, 0.5) is 0 Å². The van der Waals surface area contributed by atoms with Gasteiger partial charge in [0.1, 0.15) is 5.78 Å². The highest BCUT2D eigenvalue weighted by atomic mass is 16.6. The normalized spacial score (nSPS) is 11.4. The molecule has 1 amide bonds. The number of ether oxygens (including phenoxy) is 1. The Bertz CT molecular complexity index is 559. The maximum atomic E-state index is 11.6. The number of rotatable bonds is 7. The van der Waals surface area contributed by atoms with Gasteiger partial charge in [-0.3, -0.25) is 19.8 Å². The third-order valence-corrected chi connectivity index (χ3v) is 2.75. The quantitative estimate of drug-likeness (QED) is 0.201. The van der Waals surface area contributed by atoms with Crippen LogP contribution in [-0.4, -0.2) is 29.7 Å². The van der Waals surface area contributed by atoms with Crippen molar-refractivity contribution in [3.63, 3.8) is 0 Å². The number of hydrazine groups is 1. The van der Waals surface area contributed by atoms with Gasteiger partial charge in [-0.05, 0) is 12.1 Å². The fourth-order valence-electron chi connectivity index (χ4n) is 1.58. The molecule has 1 atom stereocenters. The van der Waals surface area contributed by atoms with Crippen LogP contribution in [0, 0.1) is 0 Å². The standard InChI is InChI=1S/C14H17N3O5/c15-11(13(20)17-16)8-10(18)6-7-12(19)22-14(21)9-4-2-1-3-5-9/h1-5,11H,6-8,15-16H2,(H,17,20). The van der Waals surface area contributed by atoms with E-state index in [1.807, 2.05) is 5.43 Å². The van der Waals surface area contributed by atoms with Gasteiger partial charge < -0.3 is 10.5 Å². The minimum atomic E-state index is -1.07. The zero-order chi connectivity index (χ0) is 16.5. The molecule has 1 aromatic carbocycles. The molecule has 0 heterocycles. The first-order valence-electron chi connectivity index (χ1n) is 6.52. The number of ketones is 1. The third kappa shape index (κ3) is 5.81. The van der Waals surface area contributed by atoms with Crippen molar-refractivity contribution >= 4 is 23.6 Å². The molecule has 0 aliphatic carbocycles. The fourth-order valence-corrected chi connectivity index (χ4v) is 1.58. The highest BCUT2D eigenvalue weighted by Crippen LogP contribution is 2.05. The van der Waals surface area contributed by atoms with Gasteiger partial charge in [0.25, 0.3) is 5.91 Å². The molecule has 5 N–H and O–H groups in total. The second-order valence-electron chi connectivity index (χ2n) is 4.49. The maximum Gasteiger partial charge on any atom is 0.345 e.